The lowest BCUT2D eigenvalue weighted by Crippen LogP contribution is -2.49. The van der Waals surface area contributed by atoms with E-state index in [1.807, 2.05) is 0 Å². The molecule has 0 saturated carbocycles. The molecular weight excluding hydrogens is 335 g/mol. The maximum Gasteiger partial charge on any atom is 0.418 e. The highest BCUT2D eigenvalue weighted by molar-refractivity contribution is 6.02. The molecular formula is C18H14F3NO3. The van der Waals surface area contributed by atoms with Crippen LogP contribution in [-0.4, -0.2) is 17.5 Å². The number of carbonyl (C=O) groups is 2. The molecule has 130 valence electrons. The Labute approximate surface area is 141 Å². The predicted molar refractivity (Wildman–Crippen MR) is 84.0 cm³/mol. The summed E-state index contributed by atoms with van der Waals surface area (Å²) in [5.74, 6) is -1.49. The second-order valence-electron chi connectivity index (χ2n) is 5.95. The van der Waals surface area contributed by atoms with E-state index in [1.54, 1.807) is 24.3 Å². The van der Waals surface area contributed by atoms with Crippen LogP contribution < -0.4 is 5.32 Å². The van der Waals surface area contributed by atoms with Crippen LogP contribution >= 0.6 is 0 Å². The molecule has 0 bridgehead atoms. The number of hydrogen-bond acceptors (Lipinski definition) is 3. The van der Waals surface area contributed by atoms with Gasteiger partial charge in [0, 0.05) is 6.42 Å². The Balaban J connectivity index is 1.89. The highest BCUT2D eigenvalue weighted by atomic mass is 19.4. The molecule has 0 aromatic heterocycles. The minimum Gasteiger partial charge on any atom is -0.445 e. The summed E-state index contributed by atoms with van der Waals surface area (Å²) in [5, 5.41) is 2.24. The van der Waals surface area contributed by atoms with Gasteiger partial charge in [-0.2, -0.15) is 13.2 Å². The van der Waals surface area contributed by atoms with Gasteiger partial charge in [-0.1, -0.05) is 30.3 Å². The molecule has 25 heavy (non-hydrogen) atoms. The Morgan fingerprint density at radius 1 is 1.12 bits per heavy atom. The third-order valence-electron chi connectivity index (χ3n) is 4.04. The second kappa shape index (κ2) is 5.91. The molecule has 1 aliphatic heterocycles. The summed E-state index contributed by atoms with van der Waals surface area (Å²) in [7, 11) is 0. The highest BCUT2D eigenvalue weighted by Crippen LogP contribution is 2.36. The number of alkyl halides is 3. The summed E-state index contributed by atoms with van der Waals surface area (Å²) in [6.07, 6.45) is -4.53. The number of para-hydroxylation sites is 1. The maximum absolute atomic E-state index is 13.1. The molecule has 2 aromatic rings. The number of rotatable bonds is 2. The van der Waals surface area contributed by atoms with Gasteiger partial charge in [0.2, 0.25) is 0 Å². The molecule has 1 aliphatic rings. The molecule has 2 aromatic carbocycles. The molecule has 1 heterocycles. The van der Waals surface area contributed by atoms with Gasteiger partial charge in [0.15, 0.2) is 5.60 Å². The minimum absolute atomic E-state index is 0.0783. The fourth-order valence-electron chi connectivity index (χ4n) is 2.75. The van der Waals surface area contributed by atoms with Gasteiger partial charge in [-0.25, -0.2) is 4.79 Å². The summed E-state index contributed by atoms with van der Waals surface area (Å²) < 4.78 is 44.4. The fourth-order valence-corrected chi connectivity index (χ4v) is 2.75. The van der Waals surface area contributed by atoms with E-state index in [1.165, 1.54) is 19.1 Å². The topological polar surface area (TPSA) is 55.4 Å². The van der Waals surface area contributed by atoms with Crippen molar-refractivity contribution in [2.45, 2.75) is 25.1 Å². The maximum atomic E-state index is 13.1. The molecule has 0 saturated heterocycles. The number of esters is 1. The van der Waals surface area contributed by atoms with Crippen LogP contribution in [0.1, 0.15) is 28.4 Å². The van der Waals surface area contributed by atoms with Crippen molar-refractivity contribution in [3.63, 3.8) is 0 Å². The highest BCUT2D eigenvalue weighted by Gasteiger charge is 2.43. The van der Waals surface area contributed by atoms with Crippen molar-refractivity contribution in [3.8, 4) is 0 Å². The zero-order valence-electron chi connectivity index (χ0n) is 13.2. The van der Waals surface area contributed by atoms with Crippen molar-refractivity contribution in [3.05, 3.63) is 65.2 Å². The molecule has 3 rings (SSSR count). The summed E-state index contributed by atoms with van der Waals surface area (Å²) in [6.45, 7) is 1.38. The Kier molecular flexibility index (Phi) is 4.02. The number of anilines is 1. The van der Waals surface area contributed by atoms with Crippen LogP contribution in [0, 0.1) is 0 Å². The number of benzene rings is 2. The van der Waals surface area contributed by atoms with Crippen molar-refractivity contribution in [1.29, 1.82) is 0 Å². The molecule has 0 fully saturated rings. The van der Waals surface area contributed by atoms with E-state index < -0.39 is 29.2 Å². The number of ether oxygens (including phenoxy) is 1. The average molecular weight is 349 g/mol. The van der Waals surface area contributed by atoms with Gasteiger partial charge in [0.1, 0.15) is 0 Å². The van der Waals surface area contributed by atoms with Gasteiger partial charge in [-0.05, 0) is 30.7 Å². The summed E-state index contributed by atoms with van der Waals surface area (Å²) in [5.41, 5.74) is -1.97. The van der Waals surface area contributed by atoms with Crippen molar-refractivity contribution >= 4 is 17.6 Å². The van der Waals surface area contributed by atoms with Gasteiger partial charge in [0.25, 0.3) is 5.91 Å². The molecule has 1 amide bonds. The van der Waals surface area contributed by atoms with Crippen LogP contribution in [0.3, 0.4) is 0 Å². The normalized spacial score (nSPS) is 19.8. The largest absolute Gasteiger partial charge is 0.445 e. The molecule has 0 spiro atoms. The van der Waals surface area contributed by atoms with Crippen LogP contribution in [0.25, 0.3) is 0 Å². The van der Waals surface area contributed by atoms with Crippen molar-refractivity contribution in [1.82, 2.24) is 0 Å². The van der Waals surface area contributed by atoms with Crippen LogP contribution in [0.2, 0.25) is 0 Å². The first-order valence-electron chi connectivity index (χ1n) is 7.50. The average Bonchev–Trinajstić information content (AvgIpc) is 2.54. The van der Waals surface area contributed by atoms with Crippen LogP contribution in [0.15, 0.2) is 48.5 Å². The zero-order valence-corrected chi connectivity index (χ0v) is 13.2. The molecule has 0 radical (unpaired) electrons. The second-order valence-corrected chi connectivity index (χ2v) is 5.95. The molecule has 1 N–H and O–H groups in total. The lowest BCUT2D eigenvalue weighted by molar-refractivity contribution is -0.137. The number of cyclic esters (lactones) is 1. The molecule has 7 heteroatoms. The molecule has 0 aliphatic carbocycles. The van der Waals surface area contributed by atoms with Gasteiger partial charge < -0.3 is 10.1 Å². The zero-order chi connectivity index (χ0) is 18.2. The Morgan fingerprint density at radius 2 is 1.76 bits per heavy atom. The van der Waals surface area contributed by atoms with Crippen molar-refractivity contribution in [2.75, 3.05) is 5.32 Å². The first-order valence-corrected chi connectivity index (χ1v) is 7.50. The summed E-state index contributed by atoms with van der Waals surface area (Å²) in [6, 6.07) is 11.3. The van der Waals surface area contributed by atoms with E-state index in [4.69, 9.17) is 4.74 Å². The van der Waals surface area contributed by atoms with Gasteiger partial charge in [0.05, 0.1) is 16.8 Å². The lowest BCUT2D eigenvalue weighted by atomic mass is 9.89. The Morgan fingerprint density at radius 3 is 2.48 bits per heavy atom. The number of hydrogen-bond donors (Lipinski definition) is 1. The van der Waals surface area contributed by atoms with E-state index in [2.05, 4.69) is 5.32 Å². The molecule has 1 atom stereocenters. The molecule has 0 unspecified atom stereocenters. The SMILES string of the molecule is C[C@@]1(C(=O)Nc2ccccc2C(F)(F)F)Cc2ccccc2C(=O)O1. The first kappa shape index (κ1) is 17.0. The van der Waals surface area contributed by atoms with Crippen LogP contribution in [0.5, 0.6) is 0 Å². The van der Waals surface area contributed by atoms with E-state index in [-0.39, 0.29) is 12.1 Å². The van der Waals surface area contributed by atoms with Crippen LogP contribution in [0.4, 0.5) is 18.9 Å². The Bertz CT molecular complexity index is 847. The monoisotopic (exact) mass is 349 g/mol. The van der Waals surface area contributed by atoms with Crippen LogP contribution in [-0.2, 0) is 22.1 Å². The van der Waals surface area contributed by atoms with Crippen molar-refractivity contribution in [2.24, 2.45) is 0 Å². The quantitative estimate of drug-likeness (QED) is 0.839. The number of halogens is 3. The number of amides is 1. The van der Waals surface area contributed by atoms with Gasteiger partial charge in [-0.3, -0.25) is 4.79 Å². The number of carbonyl (C=O) groups excluding carboxylic acids is 2. The predicted octanol–water partition coefficient (Wildman–Crippen LogP) is 3.82. The van der Waals surface area contributed by atoms with Gasteiger partial charge >= 0.3 is 12.1 Å². The Hall–Kier alpha value is -2.83. The van der Waals surface area contributed by atoms with E-state index in [0.717, 1.165) is 12.1 Å². The molecule has 4 nitrogen and oxygen atoms in total. The van der Waals surface area contributed by atoms with E-state index >= 15 is 0 Å². The third kappa shape index (κ3) is 3.22. The number of fused-ring (bicyclic) bond motifs is 1. The number of nitrogens with one attached hydrogen (secondary N) is 1. The minimum atomic E-state index is -4.61. The third-order valence-corrected chi connectivity index (χ3v) is 4.04. The first-order chi connectivity index (χ1) is 11.7. The van der Waals surface area contributed by atoms with E-state index in [0.29, 0.717) is 11.1 Å². The van der Waals surface area contributed by atoms with Gasteiger partial charge in [-0.15, -0.1) is 0 Å². The fraction of sp³-hybridized carbons (Fsp3) is 0.222. The van der Waals surface area contributed by atoms with E-state index in [9.17, 15) is 22.8 Å². The summed E-state index contributed by atoms with van der Waals surface area (Å²) in [4.78, 5) is 24.7. The smallest absolute Gasteiger partial charge is 0.418 e. The standard InChI is InChI=1S/C18H14F3NO3/c1-17(10-11-6-2-3-7-12(11)15(23)25-17)16(24)22-14-9-5-4-8-13(14)18(19,20)21/h2-9H,10H2,1H3,(H,22,24)/t17-/m0/s1. The summed E-state index contributed by atoms with van der Waals surface area (Å²) >= 11 is 0. The lowest BCUT2D eigenvalue weighted by Gasteiger charge is -2.33. The van der Waals surface area contributed by atoms with Crippen molar-refractivity contribution < 1.29 is 27.5 Å².